The van der Waals surface area contributed by atoms with Crippen molar-refractivity contribution >= 4 is 22.6 Å². The van der Waals surface area contributed by atoms with E-state index in [0.29, 0.717) is 5.02 Å². The van der Waals surface area contributed by atoms with E-state index in [4.69, 9.17) is 16.0 Å². The number of para-hydroxylation sites is 1. The first-order valence-corrected chi connectivity index (χ1v) is 7.39. The van der Waals surface area contributed by atoms with Crippen LogP contribution in [0, 0.1) is 6.92 Å². The molecule has 21 heavy (non-hydrogen) atoms. The smallest absolute Gasteiger partial charge is 0.152 e. The zero-order valence-corrected chi connectivity index (χ0v) is 13.1. The molecule has 2 aromatic heterocycles. The van der Waals surface area contributed by atoms with Gasteiger partial charge in [0.05, 0.1) is 16.8 Å². The second-order valence-electron chi connectivity index (χ2n) is 5.14. The summed E-state index contributed by atoms with van der Waals surface area (Å²) in [6.07, 6.45) is 2.03. The van der Waals surface area contributed by atoms with Crippen molar-refractivity contribution in [2.24, 2.45) is 7.05 Å². The SMILES string of the molecule is CCNC(c1cc2cccc(Cl)c2o1)c1cn(C)nc1C. The lowest BCUT2D eigenvalue weighted by Crippen LogP contribution is -2.21. The van der Waals surface area contributed by atoms with Crippen molar-refractivity contribution in [3.05, 3.63) is 52.5 Å². The lowest BCUT2D eigenvalue weighted by Gasteiger charge is -2.14. The number of nitrogens with zero attached hydrogens (tertiary/aromatic N) is 2. The standard InChI is InChI=1S/C16H18ClN3O/c1-4-18-15(12-9-20(3)19-10(12)2)14-8-11-6-5-7-13(17)16(11)21-14/h5-9,15,18H,4H2,1-3H3. The van der Waals surface area contributed by atoms with Gasteiger partial charge in [-0.3, -0.25) is 4.68 Å². The highest BCUT2D eigenvalue weighted by Gasteiger charge is 2.22. The van der Waals surface area contributed by atoms with Crippen LogP contribution in [0.15, 0.2) is 34.9 Å². The Morgan fingerprint density at radius 3 is 2.86 bits per heavy atom. The molecule has 5 heteroatoms. The van der Waals surface area contributed by atoms with Gasteiger partial charge >= 0.3 is 0 Å². The molecule has 0 fully saturated rings. The Morgan fingerprint density at radius 1 is 1.43 bits per heavy atom. The highest BCUT2D eigenvalue weighted by molar-refractivity contribution is 6.34. The third-order valence-electron chi connectivity index (χ3n) is 3.57. The van der Waals surface area contributed by atoms with Crippen LogP contribution in [-0.2, 0) is 7.05 Å². The number of fused-ring (bicyclic) bond motifs is 1. The first kappa shape index (κ1) is 14.2. The molecular weight excluding hydrogens is 286 g/mol. The summed E-state index contributed by atoms with van der Waals surface area (Å²) in [5.41, 5.74) is 2.85. The van der Waals surface area contributed by atoms with Crippen molar-refractivity contribution in [2.45, 2.75) is 19.9 Å². The second-order valence-corrected chi connectivity index (χ2v) is 5.55. The molecule has 0 spiro atoms. The first-order chi connectivity index (χ1) is 10.1. The second kappa shape index (κ2) is 5.54. The molecule has 3 rings (SSSR count). The van der Waals surface area contributed by atoms with Gasteiger partial charge in [0.2, 0.25) is 0 Å². The molecule has 4 nitrogen and oxygen atoms in total. The Morgan fingerprint density at radius 2 is 2.24 bits per heavy atom. The molecule has 0 aliphatic heterocycles. The van der Waals surface area contributed by atoms with Crippen molar-refractivity contribution in [1.82, 2.24) is 15.1 Å². The molecule has 0 aliphatic carbocycles. The van der Waals surface area contributed by atoms with Crippen LogP contribution >= 0.6 is 11.6 Å². The minimum Gasteiger partial charge on any atom is -0.457 e. The third-order valence-corrected chi connectivity index (χ3v) is 3.87. The number of aryl methyl sites for hydroxylation is 2. The molecule has 1 atom stereocenters. The quantitative estimate of drug-likeness (QED) is 0.796. The maximum atomic E-state index is 6.20. The minimum absolute atomic E-state index is 0.0211. The Kier molecular flexibility index (Phi) is 3.74. The Labute approximate surface area is 128 Å². The van der Waals surface area contributed by atoms with Gasteiger partial charge in [-0.1, -0.05) is 30.7 Å². The van der Waals surface area contributed by atoms with E-state index in [9.17, 15) is 0 Å². The number of hydrogen-bond acceptors (Lipinski definition) is 3. The van der Waals surface area contributed by atoms with E-state index in [0.717, 1.165) is 34.5 Å². The van der Waals surface area contributed by atoms with Crippen LogP contribution in [0.1, 0.15) is 30.0 Å². The van der Waals surface area contributed by atoms with Crippen molar-refractivity contribution in [3.63, 3.8) is 0 Å². The monoisotopic (exact) mass is 303 g/mol. The number of benzene rings is 1. The van der Waals surface area contributed by atoms with E-state index >= 15 is 0 Å². The molecule has 1 unspecified atom stereocenters. The average molecular weight is 304 g/mol. The lowest BCUT2D eigenvalue weighted by atomic mass is 10.1. The fraction of sp³-hybridized carbons (Fsp3) is 0.312. The summed E-state index contributed by atoms with van der Waals surface area (Å²) in [5, 5.41) is 9.53. The Bertz CT molecular complexity index is 775. The van der Waals surface area contributed by atoms with Crippen LogP contribution in [-0.4, -0.2) is 16.3 Å². The van der Waals surface area contributed by atoms with E-state index in [1.807, 2.05) is 49.1 Å². The molecule has 0 radical (unpaired) electrons. The zero-order valence-electron chi connectivity index (χ0n) is 12.4. The largest absolute Gasteiger partial charge is 0.457 e. The molecule has 0 aliphatic rings. The van der Waals surface area contributed by atoms with Crippen LogP contribution in [0.3, 0.4) is 0 Å². The molecule has 3 aromatic rings. The molecule has 110 valence electrons. The molecular formula is C16H18ClN3O. The molecule has 0 saturated heterocycles. The third kappa shape index (κ3) is 2.57. The topological polar surface area (TPSA) is 43.0 Å². The summed E-state index contributed by atoms with van der Waals surface area (Å²) < 4.78 is 7.82. The van der Waals surface area contributed by atoms with Crippen molar-refractivity contribution < 1.29 is 4.42 Å². The van der Waals surface area contributed by atoms with Gasteiger partial charge in [0, 0.05) is 24.2 Å². The molecule has 0 bridgehead atoms. The van der Waals surface area contributed by atoms with Crippen LogP contribution in [0.2, 0.25) is 5.02 Å². The van der Waals surface area contributed by atoms with Crippen molar-refractivity contribution in [3.8, 4) is 0 Å². The highest BCUT2D eigenvalue weighted by Crippen LogP contribution is 2.32. The fourth-order valence-corrected chi connectivity index (χ4v) is 2.88. The maximum absolute atomic E-state index is 6.20. The lowest BCUT2D eigenvalue weighted by molar-refractivity contribution is 0.476. The number of hydrogen-bond donors (Lipinski definition) is 1. The van der Waals surface area contributed by atoms with Crippen LogP contribution < -0.4 is 5.32 Å². The van der Waals surface area contributed by atoms with E-state index in [2.05, 4.69) is 17.3 Å². The summed E-state index contributed by atoms with van der Waals surface area (Å²) in [7, 11) is 1.93. The summed E-state index contributed by atoms with van der Waals surface area (Å²) in [4.78, 5) is 0. The van der Waals surface area contributed by atoms with Gasteiger partial charge in [-0.15, -0.1) is 0 Å². The van der Waals surface area contributed by atoms with Gasteiger partial charge in [0.25, 0.3) is 0 Å². The Hall–Kier alpha value is -1.78. The number of aromatic nitrogens is 2. The van der Waals surface area contributed by atoms with Gasteiger partial charge < -0.3 is 9.73 Å². The summed E-state index contributed by atoms with van der Waals surface area (Å²) >= 11 is 6.20. The average Bonchev–Trinajstić information content (AvgIpc) is 3.00. The van der Waals surface area contributed by atoms with Crippen molar-refractivity contribution in [2.75, 3.05) is 6.54 Å². The molecule has 0 amide bonds. The van der Waals surface area contributed by atoms with Crippen LogP contribution in [0.5, 0.6) is 0 Å². The number of rotatable bonds is 4. The van der Waals surface area contributed by atoms with Gasteiger partial charge in [-0.2, -0.15) is 5.10 Å². The molecule has 1 N–H and O–H groups in total. The van der Waals surface area contributed by atoms with Crippen molar-refractivity contribution in [1.29, 1.82) is 0 Å². The fourth-order valence-electron chi connectivity index (χ4n) is 2.66. The zero-order chi connectivity index (χ0) is 15.0. The molecule has 1 aromatic carbocycles. The predicted octanol–water partition coefficient (Wildman–Crippen LogP) is 3.83. The van der Waals surface area contributed by atoms with E-state index in [1.165, 1.54) is 0 Å². The minimum atomic E-state index is -0.0211. The first-order valence-electron chi connectivity index (χ1n) is 7.01. The van der Waals surface area contributed by atoms with Crippen LogP contribution in [0.25, 0.3) is 11.0 Å². The predicted molar refractivity (Wildman–Crippen MR) is 84.7 cm³/mol. The van der Waals surface area contributed by atoms with Gasteiger partial charge in [-0.05, 0) is 25.6 Å². The number of nitrogens with one attached hydrogen (secondary N) is 1. The van der Waals surface area contributed by atoms with Crippen LogP contribution in [0.4, 0.5) is 0 Å². The maximum Gasteiger partial charge on any atom is 0.152 e. The molecule has 2 heterocycles. The number of halogens is 1. The Balaban J connectivity index is 2.11. The van der Waals surface area contributed by atoms with E-state index in [-0.39, 0.29) is 6.04 Å². The summed E-state index contributed by atoms with van der Waals surface area (Å²) in [5.74, 6) is 0.857. The number of furan rings is 1. The summed E-state index contributed by atoms with van der Waals surface area (Å²) in [6, 6.07) is 7.80. The summed E-state index contributed by atoms with van der Waals surface area (Å²) in [6.45, 7) is 4.92. The van der Waals surface area contributed by atoms with Gasteiger partial charge in [0.1, 0.15) is 5.76 Å². The molecule has 0 saturated carbocycles. The van der Waals surface area contributed by atoms with E-state index in [1.54, 1.807) is 0 Å². The van der Waals surface area contributed by atoms with Gasteiger partial charge in [0.15, 0.2) is 5.58 Å². The van der Waals surface area contributed by atoms with E-state index < -0.39 is 0 Å². The highest BCUT2D eigenvalue weighted by atomic mass is 35.5. The van der Waals surface area contributed by atoms with Gasteiger partial charge in [-0.25, -0.2) is 0 Å². The normalized spacial score (nSPS) is 13.0.